The molecule has 0 saturated carbocycles. The van der Waals surface area contributed by atoms with E-state index in [0.717, 1.165) is 11.3 Å². The predicted octanol–water partition coefficient (Wildman–Crippen LogP) is -1.44. The third-order valence-corrected chi connectivity index (χ3v) is 4.04. The zero-order chi connectivity index (χ0) is 14.9. The molecule has 5 N–H and O–H groups in total. The van der Waals surface area contributed by atoms with Crippen LogP contribution in [-0.2, 0) is 4.74 Å². The van der Waals surface area contributed by atoms with Gasteiger partial charge in [-0.2, -0.15) is 0 Å². The fraction of sp³-hybridized carbons (Fsp3) is 0.636. The average Bonchev–Trinajstić information content (AvgIpc) is 2.88. The molecule has 3 unspecified atom stereocenters. The molecule has 5 atom stereocenters. The van der Waals surface area contributed by atoms with Crippen LogP contribution in [0.2, 0.25) is 0 Å². The van der Waals surface area contributed by atoms with Gasteiger partial charge < -0.3 is 30.5 Å². The van der Waals surface area contributed by atoms with Crippen molar-refractivity contribution in [2.45, 2.75) is 37.6 Å². The summed E-state index contributed by atoms with van der Waals surface area (Å²) in [4.78, 5) is 15.6. The third kappa shape index (κ3) is 2.97. The standard InChI is InChI=1S/C11H16N2O6S/c1-4(15)6-2-12-11(20-6)13-10-9(18)8(17)7(16)5(3-14)19-10/h2,5,7-10,14,16-18H,3H2,1H3,(H,12,13)/t5?,7-,8?,9?,10+/m1/s1. The lowest BCUT2D eigenvalue weighted by molar-refractivity contribution is -0.221. The Morgan fingerprint density at radius 1 is 1.40 bits per heavy atom. The van der Waals surface area contributed by atoms with Crippen LogP contribution in [0.5, 0.6) is 0 Å². The summed E-state index contributed by atoms with van der Waals surface area (Å²) in [6.07, 6.45) is -4.89. The normalized spacial score (nSPS) is 34.0. The summed E-state index contributed by atoms with van der Waals surface area (Å²) < 4.78 is 5.26. The number of carbonyl (C=O) groups excluding carboxylic acids is 1. The van der Waals surface area contributed by atoms with Gasteiger partial charge in [-0.1, -0.05) is 11.3 Å². The molecule has 1 aliphatic rings. The van der Waals surface area contributed by atoms with E-state index in [1.807, 2.05) is 0 Å². The van der Waals surface area contributed by atoms with Crippen molar-refractivity contribution in [2.75, 3.05) is 11.9 Å². The number of aliphatic hydroxyl groups is 4. The Bertz CT molecular complexity index is 479. The Kier molecular flexibility index (Phi) is 4.68. The lowest BCUT2D eigenvalue weighted by Gasteiger charge is -2.40. The van der Waals surface area contributed by atoms with Crippen molar-refractivity contribution in [3.63, 3.8) is 0 Å². The zero-order valence-corrected chi connectivity index (χ0v) is 11.4. The maximum Gasteiger partial charge on any atom is 0.185 e. The van der Waals surface area contributed by atoms with E-state index in [9.17, 15) is 20.1 Å². The van der Waals surface area contributed by atoms with E-state index in [1.54, 1.807) is 0 Å². The highest BCUT2D eigenvalue weighted by atomic mass is 32.1. The van der Waals surface area contributed by atoms with Gasteiger partial charge in [0.25, 0.3) is 0 Å². The molecule has 9 heteroatoms. The van der Waals surface area contributed by atoms with Crippen molar-refractivity contribution < 1.29 is 30.0 Å². The summed E-state index contributed by atoms with van der Waals surface area (Å²) in [5.41, 5.74) is 0. The highest BCUT2D eigenvalue weighted by molar-refractivity contribution is 7.17. The van der Waals surface area contributed by atoms with Gasteiger partial charge in [0.2, 0.25) is 0 Å². The molecule has 1 aromatic rings. The quantitative estimate of drug-likeness (QED) is 0.427. The van der Waals surface area contributed by atoms with Crippen molar-refractivity contribution in [3.8, 4) is 0 Å². The van der Waals surface area contributed by atoms with Crippen LogP contribution in [0, 0.1) is 0 Å². The third-order valence-electron chi connectivity index (χ3n) is 3.01. The van der Waals surface area contributed by atoms with Gasteiger partial charge in [-0.05, 0) is 0 Å². The van der Waals surface area contributed by atoms with E-state index in [-0.39, 0.29) is 5.78 Å². The molecule has 1 saturated heterocycles. The molecule has 0 radical (unpaired) electrons. The molecule has 2 heterocycles. The second-order valence-electron chi connectivity index (χ2n) is 4.48. The summed E-state index contributed by atoms with van der Waals surface area (Å²) in [6.45, 7) is 0.908. The first-order chi connectivity index (χ1) is 9.43. The van der Waals surface area contributed by atoms with Crippen LogP contribution in [0.15, 0.2) is 6.20 Å². The summed E-state index contributed by atoms with van der Waals surface area (Å²) in [7, 11) is 0. The van der Waals surface area contributed by atoms with E-state index in [2.05, 4.69) is 10.3 Å². The van der Waals surface area contributed by atoms with Gasteiger partial charge in [0.05, 0.1) is 17.7 Å². The summed E-state index contributed by atoms with van der Waals surface area (Å²) in [6, 6.07) is 0. The van der Waals surface area contributed by atoms with Crippen LogP contribution in [-0.4, -0.2) is 68.4 Å². The molecular weight excluding hydrogens is 288 g/mol. The summed E-state index contributed by atoms with van der Waals surface area (Å²) in [5.74, 6) is -0.135. The number of rotatable bonds is 4. The number of anilines is 1. The first kappa shape index (κ1) is 15.3. The summed E-state index contributed by atoms with van der Waals surface area (Å²) in [5, 5.41) is 41.2. The van der Waals surface area contributed by atoms with Crippen molar-refractivity contribution in [3.05, 3.63) is 11.1 Å². The smallest absolute Gasteiger partial charge is 0.185 e. The fourth-order valence-electron chi connectivity index (χ4n) is 1.85. The zero-order valence-electron chi connectivity index (χ0n) is 10.6. The van der Waals surface area contributed by atoms with Crippen LogP contribution < -0.4 is 5.32 Å². The Balaban J connectivity index is 2.08. The van der Waals surface area contributed by atoms with Crippen LogP contribution >= 0.6 is 11.3 Å². The number of hydrogen-bond donors (Lipinski definition) is 5. The topological polar surface area (TPSA) is 132 Å². The first-order valence-corrected chi connectivity index (χ1v) is 6.79. The number of nitrogens with zero attached hydrogens (tertiary/aromatic N) is 1. The average molecular weight is 304 g/mol. The molecule has 0 amide bonds. The molecule has 0 aromatic carbocycles. The second-order valence-corrected chi connectivity index (χ2v) is 5.51. The van der Waals surface area contributed by atoms with Gasteiger partial charge in [-0.3, -0.25) is 4.79 Å². The fourth-order valence-corrected chi connectivity index (χ4v) is 2.58. The van der Waals surface area contributed by atoms with E-state index in [4.69, 9.17) is 9.84 Å². The lowest BCUT2D eigenvalue weighted by atomic mass is 9.98. The SMILES string of the molecule is CC(=O)c1cnc(N[C@H]2OC(CO)[C@@H](O)C(O)C2O)s1. The molecule has 1 aromatic heterocycles. The van der Waals surface area contributed by atoms with E-state index in [0.29, 0.717) is 10.0 Å². The largest absolute Gasteiger partial charge is 0.394 e. The molecule has 1 aliphatic heterocycles. The minimum Gasteiger partial charge on any atom is -0.394 e. The number of ketones is 1. The predicted molar refractivity (Wildman–Crippen MR) is 69.5 cm³/mol. The number of ether oxygens (including phenoxy) is 1. The first-order valence-electron chi connectivity index (χ1n) is 5.98. The van der Waals surface area contributed by atoms with Crippen molar-refractivity contribution >= 4 is 22.3 Å². The van der Waals surface area contributed by atoms with Crippen LogP contribution in [0.25, 0.3) is 0 Å². The minimum atomic E-state index is -1.45. The van der Waals surface area contributed by atoms with E-state index >= 15 is 0 Å². The molecule has 112 valence electrons. The van der Waals surface area contributed by atoms with E-state index in [1.165, 1.54) is 13.1 Å². The molecule has 2 rings (SSSR count). The minimum absolute atomic E-state index is 0.135. The Morgan fingerprint density at radius 3 is 2.65 bits per heavy atom. The number of nitrogens with one attached hydrogen (secondary N) is 1. The van der Waals surface area contributed by atoms with Crippen LogP contribution in [0.4, 0.5) is 5.13 Å². The van der Waals surface area contributed by atoms with Gasteiger partial charge in [-0.25, -0.2) is 4.98 Å². The van der Waals surface area contributed by atoms with Gasteiger partial charge >= 0.3 is 0 Å². The summed E-state index contributed by atoms with van der Waals surface area (Å²) >= 11 is 1.08. The van der Waals surface area contributed by atoms with Gasteiger partial charge in [0.1, 0.15) is 24.4 Å². The molecule has 8 nitrogen and oxygen atoms in total. The highest BCUT2D eigenvalue weighted by Gasteiger charge is 2.43. The molecule has 20 heavy (non-hydrogen) atoms. The molecule has 0 bridgehead atoms. The maximum atomic E-state index is 11.2. The highest BCUT2D eigenvalue weighted by Crippen LogP contribution is 2.25. The molecule has 1 fully saturated rings. The number of thiazole rings is 1. The molecule has 0 aliphatic carbocycles. The monoisotopic (exact) mass is 304 g/mol. The van der Waals surface area contributed by atoms with Crippen molar-refractivity contribution in [1.29, 1.82) is 0 Å². The Labute approximate surface area is 118 Å². The van der Waals surface area contributed by atoms with Gasteiger partial charge in [-0.15, -0.1) is 0 Å². The number of hydrogen-bond acceptors (Lipinski definition) is 9. The van der Waals surface area contributed by atoms with Crippen LogP contribution in [0.1, 0.15) is 16.6 Å². The lowest BCUT2D eigenvalue weighted by Crippen LogP contribution is -2.60. The van der Waals surface area contributed by atoms with Crippen molar-refractivity contribution in [2.24, 2.45) is 0 Å². The number of aliphatic hydroxyl groups excluding tert-OH is 4. The molecule has 0 spiro atoms. The van der Waals surface area contributed by atoms with Gasteiger partial charge in [0, 0.05) is 6.92 Å². The Morgan fingerprint density at radius 2 is 2.10 bits per heavy atom. The molecular formula is C11H16N2O6S. The number of aromatic nitrogens is 1. The van der Waals surface area contributed by atoms with E-state index < -0.39 is 37.3 Å². The maximum absolute atomic E-state index is 11.2. The Hall–Kier alpha value is -1.10. The van der Waals surface area contributed by atoms with Crippen LogP contribution in [0.3, 0.4) is 0 Å². The number of carbonyl (C=O) groups is 1. The van der Waals surface area contributed by atoms with Gasteiger partial charge in [0.15, 0.2) is 17.1 Å². The second kappa shape index (κ2) is 6.12. The number of Topliss-reactive ketones (excluding diaryl/α,β-unsaturated/α-hetero) is 1. The van der Waals surface area contributed by atoms with Crippen molar-refractivity contribution in [1.82, 2.24) is 4.98 Å².